The zero-order chi connectivity index (χ0) is 18.8. The van der Waals surface area contributed by atoms with E-state index in [2.05, 4.69) is 15.3 Å². The number of anilines is 3. The third-order valence-corrected chi connectivity index (χ3v) is 3.88. The summed E-state index contributed by atoms with van der Waals surface area (Å²) in [5.41, 5.74) is 9.65. The van der Waals surface area contributed by atoms with Crippen molar-refractivity contribution in [2.45, 2.75) is 12.7 Å². The van der Waals surface area contributed by atoms with Gasteiger partial charge in [0, 0.05) is 17.5 Å². The number of ether oxygens (including phenoxy) is 1. The molecule has 0 fully saturated rings. The monoisotopic (exact) mass is 369 g/mol. The molecule has 0 aliphatic carbocycles. The van der Waals surface area contributed by atoms with Gasteiger partial charge in [-0.05, 0) is 36.3 Å². The van der Waals surface area contributed by atoms with E-state index >= 15 is 0 Å². The van der Waals surface area contributed by atoms with E-state index in [9.17, 15) is 0 Å². The summed E-state index contributed by atoms with van der Waals surface area (Å²) in [7, 11) is 1.61. The molecule has 5 N–H and O–H groups in total. The first-order chi connectivity index (χ1) is 12.6. The van der Waals surface area contributed by atoms with Crippen molar-refractivity contribution in [2.75, 3.05) is 18.2 Å². The lowest BCUT2D eigenvalue weighted by Gasteiger charge is -2.10. The number of rotatable bonds is 8. The van der Waals surface area contributed by atoms with Crippen molar-refractivity contribution in [3.63, 3.8) is 0 Å². The number of allylic oxidation sites excluding steroid dienone is 5. The predicted molar refractivity (Wildman–Crippen MR) is 111 cm³/mol. The fourth-order valence-corrected chi connectivity index (χ4v) is 2.56. The second-order valence-electron chi connectivity index (χ2n) is 5.43. The minimum atomic E-state index is 0.217. The van der Waals surface area contributed by atoms with E-state index in [1.54, 1.807) is 19.4 Å². The van der Waals surface area contributed by atoms with Gasteiger partial charge in [-0.3, -0.25) is 5.14 Å². The van der Waals surface area contributed by atoms with E-state index in [1.807, 2.05) is 55.5 Å². The third-order valence-electron chi connectivity index (χ3n) is 3.38. The van der Waals surface area contributed by atoms with Crippen molar-refractivity contribution in [3.8, 4) is 0 Å². The van der Waals surface area contributed by atoms with E-state index in [-0.39, 0.29) is 5.95 Å². The van der Waals surface area contributed by atoms with Crippen molar-refractivity contribution in [2.24, 2.45) is 5.14 Å². The number of benzene rings is 1. The topological polar surface area (TPSA) is 99.1 Å². The summed E-state index contributed by atoms with van der Waals surface area (Å²) >= 11 is 1.29. The van der Waals surface area contributed by atoms with E-state index < -0.39 is 0 Å². The van der Waals surface area contributed by atoms with Crippen molar-refractivity contribution in [3.05, 3.63) is 72.2 Å². The van der Waals surface area contributed by atoms with Crippen molar-refractivity contribution in [1.29, 1.82) is 0 Å². The van der Waals surface area contributed by atoms with Crippen LogP contribution in [0.1, 0.15) is 18.2 Å². The van der Waals surface area contributed by atoms with Gasteiger partial charge < -0.3 is 15.8 Å². The molecule has 136 valence electrons. The first kappa shape index (κ1) is 19.6. The molecule has 0 saturated heterocycles. The van der Waals surface area contributed by atoms with Crippen LogP contribution in [0, 0.1) is 0 Å². The van der Waals surface area contributed by atoms with Crippen LogP contribution in [0.25, 0.3) is 5.57 Å². The molecule has 6 nitrogen and oxygen atoms in total. The molecule has 2 rings (SSSR count). The normalized spacial score (nSPS) is 12.0. The van der Waals surface area contributed by atoms with Gasteiger partial charge in [0.15, 0.2) is 0 Å². The minimum absolute atomic E-state index is 0.217. The molecule has 0 aliphatic heterocycles. The molecule has 26 heavy (non-hydrogen) atoms. The Kier molecular flexibility index (Phi) is 7.73. The highest BCUT2D eigenvalue weighted by Crippen LogP contribution is 2.21. The minimum Gasteiger partial charge on any atom is -0.504 e. The molecule has 0 bridgehead atoms. The van der Waals surface area contributed by atoms with Gasteiger partial charge in [-0.1, -0.05) is 42.3 Å². The van der Waals surface area contributed by atoms with E-state index in [0.29, 0.717) is 5.82 Å². The molecule has 0 amide bonds. The fraction of sp³-hybridized carbons (Fsp3) is 0.158. The Balaban J connectivity index is 2.18. The van der Waals surface area contributed by atoms with Crippen molar-refractivity contribution >= 4 is 35.0 Å². The standard InChI is InChI=1S/C19H23N5OS/c1-14(7-4-3-5-10-25-2)17-12-18(24-19(20)23-17)22-16-9-6-8-15(11-16)13-26-21/h3-12H,13,21H2,1-2H3,(H3,20,22,23,24)/b4-3-,10-5+,14-7+. The molecule has 7 heteroatoms. The number of aromatic nitrogens is 2. The zero-order valence-electron chi connectivity index (χ0n) is 14.8. The summed E-state index contributed by atoms with van der Waals surface area (Å²) in [6.45, 7) is 1.97. The van der Waals surface area contributed by atoms with Crippen molar-refractivity contribution in [1.82, 2.24) is 9.97 Å². The smallest absolute Gasteiger partial charge is 0.222 e. The molecule has 0 unspecified atom stereocenters. The van der Waals surface area contributed by atoms with Gasteiger partial charge >= 0.3 is 0 Å². The van der Waals surface area contributed by atoms with Crippen LogP contribution < -0.4 is 16.2 Å². The van der Waals surface area contributed by atoms with Crippen LogP contribution in [0.15, 0.2) is 60.9 Å². The number of nitrogens with zero attached hydrogens (tertiary/aromatic N) is 2. The Labute approximate surface area is 158 Å². The van der Waals surface area contributed by atoms with Gasteiger partial charge in [0.1, 0.15) is 5.82 Å². The summed E-state index contributed by atoms with van der Waals surface area (Å²) in [6.07, 6.45) is 9.13. The van der Waals surface area contributed by atoms with Crippen molar-refractivity contribution < 1.29 is 4.74 Å². The zero-order valence-corrected chi connectivity index (χ0v) is 15.7. The van der Waals surface area contributed by atoms with Gasteiger partial charge in [-0.25, -0.2) is 4.98 Å². The van der Waals surface area contributed by atoms with Crippen LogP contribution in [0.3, 0.4) is 0 Å². The highest BCUT2D eigenvalue weighted by atomic mass is 32.2. The Morgan fingerprint density at radius 3 is 2.85 bits per heavy atom. The number of hydrogen-bond donors (Lipinski definition) is 3. The van der Waals surface area contributed by atoms with Gasteiger partial charge in [0.25, 0.3) is 0 Å². The van der Waals surface area contributed by atoms with Crippen LogP contribution in [-0.4, -0.2) is 17.1 Å². The van der Waals surface area contributed by atoms with Crippen LogP contribution in [0.4, 0.5) is 17.5 Å². The number of nitrogen functional groups attached to an aromatic ring is 1. The maximum absolute atomic E-state index is 5.87. The van der Waals surface area contributed by atoms with Gasteiger partial charge in [0.2, 0.25) is 5.95 Å². The summed E-state index contributed by atoms with van der Waals surface area (Å²) in [4.78, 5) is 8.56. The molecule has 0 saturated carbocycles. The lowest BCUT2D eigenvalue weighted by atomic mass is 10.2. The predicted octanol–water partition coefficient (Wildman–Crippen LogP) is 4.03. The van der Waals surface area contributed by atoms with E-state index in [0.717, 1.165) is 28.3 Å². The van der Waals surface area contributed by atoms with Gasteiger partial charge in [0.05, 0.1) is 19.1 Å². The Morgan fingerprint density at radius 1 is 1.23 bits per heavy atom. The molecule has 1 aromatic carbocycles. The molecule has 0 radical (unpaired) electrons. The average molecular weight is 369 g/mol. The molecular weight excluding hydrogens is 346 g/mol. The lowest BCUT2D eigenvalue weighted by Crippen LogP contribution is -2.02. The summed E-state index contributed by atoms with van der Waals surface area (Å²) in [5, 5.41) is 8.81. The van der Waals surface area contributed by atoms with Crippen LogP contribution in [0.5, 0.6) is 0 Å². The second-order valence-corrected chi connectivity index (χ2v) is 6.05. The summed E-state index contributed by atoms with van der Waals surface area (Å²) in [5.74, 6) is 1.61. The van der Waals surface area contributed by atoms with Gasteiger partial charge in [-0.2, -0.15) is 4.98 Å². The van der Waals surface area contributed by atoms with Gasteiger partial charge in [-0.15, -0.1) is 0 Å². The van der Waals surface area contributed by atoms with Crippen LogP contribution in [0.2, 0.25) is 0 Å². The Morgan fingerprint density at radius 2 is 2.08 bits per heavy atom. The molecule has 1 aromatic heterocycles. The maximum Gasteiger partial charge on any atom is 0.222 e. The van der Waals surface area contributed by atoms with Crippen LogP contribution in [-0.2, 0) is 10.5 Å². The number of nitrogens with one attached hydrogen (secondary N) is 1. The molecular formula is C19H23N5OS. The van der Waals surface area contributed by atoms with E-state index in [4.69, 9.17) is 15.6 Å². The summed E-state index contributed by atoms with van der Waals surface area (Å²) < 4.78 is 4.84. The molecule has 0 aliphatic rings. The highest BCUT2D eigenvalue weighted by molar-refractivity contribution is 7.96. The lowest BCUT2D eigenvalue weighted by molar-refractivity contribution is 0.338. The summed E-state index contributed by atoms with van der Waals surface area (Å²) in [6, 6.07) is 9.87. The SMILES string of the molecule is CO/C=C/C=C\C=C(/C)c1cc(Nc2cccc(CSN)c2)nc(N)n1. The Hall–Kier alpha value is -2.77. The number of methoxy groups -OCH3 is 1. The molecule has 0 atom stereocenters. The Bertz CT molecular complexity index is 817. The second kappa shape index (κ2) is 10.3. The molecule has 2 aromatic rings. The average Bonchev–Trinajstić information content (AvgIpc) is 2.61. The molecule has 0 spiro atoms. The van der Waals surface area contributed by atoms with Crippen LogP contribution >= 0.6 is 11.9 Å². The maximum atomic E-state index is 5.87. The first-order valence-electron chi connectivity index (χ1n) is 7.98. The first-order valence-corrected chi connectivity index (χ1v) is 9.02. The molecule has 1 heterocycles. The largest absolute Gasteiger partial charge is 0.504 e. The number of nitrogens with two attached hydrogens (primary N) is 2. The highest BCUT2D eigenvalue weighted by Gasteiger charge is 2.05. The van der Waals surface area contributed by atoms with E-state index in [1.165, 1.54) is 11.9 Å². The third kappa shape index (κ3) is 6.27. The number of hydrogen-bond acceptors (Lipinski definition) is 7. The fourth-order valence-electron chi connectivity index (χ4n) is 2.19. The quantitative estimate of drug-likeness (QED) is 0.367.